The fourth-order valence-corrected chi connectivity index (χ4v) is 2.01. The predicted molar refractivity (Wildman–Crippen MR) is 72.4 cm³/mol. The molecule has 1 rings (SSSR count). The molecule has 0 heterocycles. The summed E-state index contributed by atoms with van der Waals surface area (Å²) >= 11 is 0. The summed E-state index contributed by atoms with van der Waals surface area (Å²) in [5, 5.41) is 0. The van der Waals surface area contributed by atoms with E-state index in [9.17, 15) is 9.59 Å². The number of carbonyl (C=O) groups is 2. The minimum atomic E-state index is -0.346. The highest BCUT2D eigenvalue weighted by atomic mass is 16.5. The number of hydrogen-bond donors (Lipinski definition) is 0. The molecule has 4 nitrogen and oxygen atoms in total. The van der Waals surface area contributed by atoms with Crippen LogP contribution in [-0.2, 0) is 20.7 Å². The summed E-state index contributed by atoms with van der Waals surface area (Å²) in [6, 6.07) is 4.01. The molecule has 0 N–H and O–H groups in total. The van der Waals surface area contributed by atoms with Crippen molar-refractivity contribution in [3.05, 3.63) is 28.8 Å². The number of aryl methyl sites for hydroxylation is 3. The first-order valence-corrected chi connectivity index (χ1v) is 6.23. The second kappa shape index (κ2) is 6.92. The van der Waals surface area contributed by atoms with Gasteiger partial charge in [0.05, 0.1) is 7.11 Å². The molecule has 0 atom stereocenters. The molecule has 0 fully saturated rings. The molecule has 1 aromatic carbocycles. The van der Waals surface area contributed by atoms with Crippen molar-refractivity contribution in [2.45, 2.75) is 33.6 Å². The first kappa shape index (κ1) is 15.2. The Bertz CT molecular complexity index is 454. The summed E-state index contributed by atoms with van der Waals surface area (Å²) in [6.07, 6.45) is 0.876. The van der Waals surface area contributed by atoms with Crippen molar-refractivity contribution in [2.24, 2.45) is 0 Å². The third kappa shape index (κ3) is 4.73. The average molecular weight is 264 g/mol. The molecule has 1 aromatic rings. The predicted octanol–water partition coefficient (Wildman–Crippen LogP) is 2.38. The Labute approximate surface area is 113 Å². The summed E-state index contributed by atoms with van der Waals surface area (Å²) in [6.45, 7) is 5.20. The van der Waals surface area contributed by atoms with E-state index in [4.69, 9.17) is 9.47 Å². The quantitative estimate of drug-likeness (QED) is 0.740. The third-order valence-electron chi connectivity index (χ3n) is 2.78. The van der Waals surface area contributed by atoms with Gasteiger partial charge in [-0.15, -0.1) is 0 Å². The van der Waals surface area contributed by atoms with Crippen LogP contribution in [0.2, 0.25) is 0 Å². The second-order valence-electron chi connectivity index (χ2n) is 4.63. The van der Waals surface area contributed by atoms with Crippen LogP contribution in [0.15, 0.2) is 12.1 Å². The first-order chi connectivity index (χ1) is 8.93. The Kier molecular flexibility index (Phi) is 5.55. The third-order valence-corrected chi connectivity index (χ3v) is 2.78. The minimum Gasteiger partial charge on any atom is -0.496 e. The van der Waals surface area contributed by atoms with Gasteiger partial charge in [0, 0.05) is 6.42 Å². The van der Waals surface area contributed by atoms with Gasteiger partial charge in [-0.3, -0.25) is 9.59 Å². The lowest BCUT2D eigenvalue weighted by molar-refractivity contribution is -0.147. The van der Waals surface area contributed by atoms with E-state index >= 15 is 0 Å². The molecule has 0 unspecified atom stereocenters. The van der Waals surface area contributed by atoms with Crippen molar-refractivity contribution < 1.29 is 19.1 Å². The van der Waals surface area contributed by atoms with Crippen molar-refractivity contribution in [1.82, 2.24) is 0 Å². The largest absolute Gasteiger partial charge is 0.496 e. The Morgan fingerprint density at radius 2 is 1.74 bits per heavy atom. The van der Waals surface area contributed by atoms with Crippen LogP contribution >= 0.6 is 0 Å². The molecular formula is C15H20O4. The maximum atomic E-state index is 11.4. The maximum Gasteiger partial charge on any atom is 0.306 e. The van der Waals surface area contributed by atoms with Gasteiger partial charge in [0.25, 0.3) is 0 Å². The number of ketones is 1. The van der Waals surface area contributed by atoms with Crippen molar-refractivity contribution in [3.8, 4) is 5.75 Å². The molecule has 0 bridgehead atoms. The molecule has 0 amide bonds. The standard InChI is InChI=1S/C15H20O4/c1-10-7-13(8-11(2)15(10)18-4)5-6-14(17)19-9-12(3)16/h7-8H,5-6,9H2,1-4H3. The molecule has 0 aromatic heterocycles. The van der Waals surface area contributed by atoms with Gasteiger partial charge in [-0.05, 0) is 43.9 Å². The number of methoxy groups -OCH3 is 1. The van der Waals surface area contributed by atoms with Gasteiger partial charge >= 0.3 is 5.97 Å². The van der Waals surface area contributed by atoms with E-state index in [-0.39, 0.29) is 24.8 Å². The minimum absolute atomic E-state index is 0.139. The Morgan fingerprint density at radius 3 is 2.21 bits per heavy atom. The van der Waals surface area contributed by atoms with E-state index in [1.165, 1.54) is 6.92 Å². The van der Waals surface area contributed by atoms with Crippen LogP contribution in [0.3, 0.4) is 0 Å². The Balaban J connectivity index is 2.59. The second-order valence-corrected chi connectivity index (χ2v) is 4.63. The van der Waals surface area contributed by atoms with Gasteiger partial charge < -0.3 is 9.47 Å². The number of hydrogen-bond acceptors (Lipinski definition) is 4. The fourth-order valence-electron chi connectivity index (χ4n) is 2.01. The summed E-state index contributed by atoms with van der Waals surface area (Å²) < 4.78 is 10.1. The molecule has 0 saturated carbocycles. The summed E-state index contributed by atoms with van der Waals surface area (Å²) in [5.74, 6) is 0.383. The number of ether oxygens (including phenoxy) is 2. The molecule has 4 heteroatoms. The molecule has 0 radical (unpaired) electrons. The van der Waals surface area contributed by atoms with Crippen molar-refractivity contribution in [1.29, 1.82) is 0 Å². The van der Waals surface area contributed by atoms with Crippen LogP contribution in [0.4, 0.5) is 0 Å². The van der Waals surface area contributed by atoms with Crippen LogP contribution in [0.1, 0.15) is 30.0 Å². The molecule has 19 heavy (non-hydrogen) atoms. The number of carbonyl (C=O) groups excluding carboxylic acids is 2. The molecule has 0 aliphatic rings. The molecule has 0 aliphatic carbocycles. The van der Waals surface area contributed by atoms with Crippen LogP contribution < -0.4 is 4.74 Å². The molecule has 0 saturated heterocycles. The normalized spacial score (nSPS) is 10.1. The molecule has 104 valence electrons. The van der Waals surface area contributed by atoms with Crippen LogP contribution in [-0.4, -0.2) is 25.5 Å². The zero-order valence-electron chi connectivity index (χ0n) is 11.9. The first-order valence-electron chi connectivity index (χ1n) is 6.23. The van der Waals surface area contributed by atoms with Gasteiger partial charge in [0.15, 0.2) is 5.78 Å². The van der Waals surface area contributed by atoms with Gasteiger partial charge in [0.1, 0.15) is 12.4 Å². The lowest BCUT2D eigenvalue weighted by Gasteiger charge is -2.11. The maximum absolute atomic E-state index is 11.4. The lowest BCUT2D eigenvalue weighted by atomic mass is 10.0. The molecule has 0 aliphatic heterocycles. The number of Topliss-reactive ketones (excluding diaryl/α,β-unsaturated/α-hetero) is 1. The highest BCUT2D eigenvalue weighted by Crippen LogP contribution is 2.24. The van der Waals surface area contributed by atoms with Crippen LogP contribution in [0.25, 0.3) is 0 Å². The SMILES string of the molecule is COc1c(C)cc(CCC(=O)OCC(C)=O)cc1C. The topological polar surface area (TPSA) is 52.6 Å². The van der Waals surface area contributed by atoms with Crippen LogP contribution in [0, 0.1) is 13.8 Å². The summed E-state index contributed by atoms with van der Waals surface area (Å²) in [5.41, 5.74) is 3.17. The average Bonchev–Trinajstić information content (AvgIpc) is 2.33. The van der Waals surface area contributed by atoms with E-state index in [0.717, 1.165) is 22.4 Å². The van der Waals surface area contributed by atoms with Gasteiger partial charge in [-0.25, -0.2) is 0 Å². The Morgan fingerprint density at radius 1 is 1.16 bits per heavy atom. The monoisotopic (exact) mass is 264 g/mol. The Hall–Kier alpha value is -1.84. The highest BCUT2D eigenvalue weighted by Gasteiger charge is 2.08. The zero-order valence-corrected chi connectivity index (χ0v) is 11.9. The lowest BCUT2D eigenvalue weighted by Crippen LogP contribution is -2.11. The van der Waals surface area contributed by atoms with E-state index in [2.05, 4.69) is 0 Å². The molecular weight excluding hydrogens is 244 g/mol. The molecule has 0 spiro atoms. The van der Waals surface area contributed by atoms with Crippen molar-refractivity contribution in [2.75, 3.05) is 13.7 Å². The van der Waals surface area contributed by atoms with Crippen molar-refractivity contribution in [3.63, 3.8) is 0 Å². The summed E-state index contributed by atoms with van der Waals surface area (Å²) in [7, 11) is 1.65. The van der Waals surface area contributed by atoms with Crippen molar-refractivity contribution >= 4 is 11.8 Å². The van der Waals surface area contributed by atoms with Gasteiger partial charge in [-0.2, -0.15) is 0 Å². The zero-order chi connectivity index (χ0) is 14.4. The van der Waals surface area contributed by atoms with E-state index in [0.29, 0.717) is 6.42 Å². The highest BCUT2D eigenvalue weighted by molar-refractivity contribution is 5.80. The smallest absolute Gasteiger partial charge is 0.306 e. The van der Waals surface area contributed by atoms with Crippen LogP contribution in [0.5, 0.6) is 5.75 Å². The summed E-state index contributed by atoms with van der Waals surface area (Å²) in [4.78, 5) is 22.1. The van der Waals surface area contributed by atoms with E-state index in [1.807, 2.05) is 26.0 Å². The van der Waals surface area contributed by atoms with E-state index < -0.39 is 0 Å². The number of rotatable bonds is 6. The van der Waals surface area contributed by atoms with Gasteiger partial charge in [0.2, 0.25) is 0 Å². The fraction of sp³-hybridized carbons (Fsp3) is 0.467. The van der Waals surface area contributed by atoms with Gasteiger partial charge in [-0.1, -0.05) is 12.1 Å². The van der Waals surface area contributed by atoms with E-state index in [1.54, 1.807) is 7.11 Å². The number of esters is 1. The number of benzene rings is 1.